The molecule has 23 heavy (non-hydrogen) atoms. The normalized spacial score (nSPS) is 10.7. The van der Waals surface area contributed by atoms with Crippen molar-refractivity contribution >= 4 is 28.3 Å². The zero-order valence-corrected chi connectivity index (χ0v) is 13.1. The van der Waals surface area contributed by atoms with Gasteiger partial charge in [0.25, 0.3) is 11.7 Å². The monoisotopic (exact) mass is 306 g/mol. The minimum atomic E-state index is -0.626. The van der Waals surface area contributed by atoms with Gasteiger partial charge in [-0.15, -0.1) is 0 Å². The largest absolute Gasteiger partial charge is 0.360 e. The van der Waals surface area contributed by atoms with Gasteiger partial charge < -0.3 is 10.3 Å². The quantitative estimate of drug-likeness (QED) is 0.568. The molecular formula is C19H18N2O2. The number of nitrogens with one attached hydrogen (secondary N) is 2. The van der Waals surface area contributed by atoms with Crippen LogP contribution in [0, 0.1) is 6.92 Å². The number of Topliss-reactive ketones (excluding diaryl/α,β-unsaturated/α-hetero) is 1. The number of H-pyrrole nitrogens is 1. The van der Waals surface area contributed by atoms with E-state index in [1.165, 1.54) is 0 Å². The van der Waals surface area contributed by atoms with Crippen molar-refractivity contribution in [2.75, 3.05) is 5.32 Å². The van der Waals surface area contributed by atoms with Crippen LogP contribution in [0.25, 0.3) is 10.9 Å². The maximum absolute atomic E-state index is 12.5. The molecule has 0 aliphatic rings. The summed E-state index contributed by atoms with van der Waals surface area (Å²) in [5, 5.41) is 3.45. The van der Waals surface area contributed by atoms with Crippen molar-refractivity contribution in [2.24, 2.45) is 0 Å². The Hall–Kier alpha value is -2.88. The lowest BCUT2D eigenvalue weighted by atomic mass is 10.0. The zero-order valence-electron chi connectivity index (χ0n) is 13.1. The highest BCUT2D eigenvalue weighted by atomic mass is 16.2. The number of hydrogen-bond donors (Lipinski definition) is 2. The first-order valence-electron chi connectivity index (χ1n) is 7.61. The molecule has 0 fully saturated rings. The number of ketones is 1. The number of benzene rings is 2. The molecule has 0 bridgehead atoms. The Balaban J connectivity index is 1.90. The minimum Gasteiger partial charge on any atom is -0.360 e. The van der Waals surface area contributed by atoms with Crippen molar-refractivity contribution in [3.63, 3.8) is 0 Å². The van der Waals surface area contributed by atoms with Gasteiger partial charge in [-0.05, 0) is 36.6 Å². The van der Waals surface area contributed by atoms with Crippen molar-refractivity contribution in [3.05, 3.63) is 65.4 Å². The topological polar surface area (TPSA) is 62.0 Å². The van der Waals surface area contributed by atoms with Crippen molar-refractivity contribution < 1.29 is 9.59 Å². The molecule has 0 aliphatic heterocycles. The average molecular weight is 306 g/mol. The van der Waals surface area contributed by atoms with Gasteiger partial charge in [0.05, 0.1) is 5.56 Å². The van der Waals surface area contributed by atoms with Crippen molar-refractivity contribution in [3.8, 4) is 0 Å². The van der Waals surface area contributed by atoms with Gasteiger partial charge in [0.2, 0.25) is 0 Å². The highest BCUT2D eigenvalue weighted by Crippen LogP contribution is 2.23. The van der Waals surface area contributed by atoms with Crippen LogP contribution < -0.4 is 5.32 Å². The summed E-state index contributed by atoms with van der Waals surface area (Å²) in [5.41, 5.74) is 4.09. The fraction of sp³-hybridized carbons (Fsp3) is 0.158. The van der Waals surface area contributed by atoms with Crippen LogP contribution in [0.4, 0.5) is 5.69 Å². The van der Waals surface area contributed by atoms with E-state index < -0.39 is 11.7 Å². The van der Waals surface area contributed by atoms with Crippen LogP contribution >= 0.6 is 0 Å². The lowest BCUT2D eigenvalue weighted by molar-refractivity contribution is -0.112. The number of hydrogen-bond acceptors (Lipinski definition) is 2. The molecule has 0 radical (unpaired) electrons. The molecule has 1 amide bonds. The van der Waals surface area contributed by atoms with Crippen LogP contribution in [0.1, 0.15) is 28.4 Å². The third kappa shape index (κ3) is 2.88. The van der Waals surface area contributed by atoms with Gasteiger partial charge in [0.1, 0.15) is 0 Å². The molecular weight excluding hydrogens is 288 g/mol. The second-order valence-electron chi connectivity index (χ2n) is 5.55. The van der Waals surface area contributed by atoms with E-state index in [2.05, 4.69) is 17.2 Å². The van der Waals surface area contributed by atoms with E-state index in [-0.39, 0.29) is 0 Å². The maximum Gasteiger partial charge on any atom is 0.296 e. The fourth-order valence-corrected chi connectivity index (χ4v) is 2.73. The van der Waals surface area contributed by atoms with Crippen molar-refractivity contribution in [1.29, 1.82) is 0 Å². The Kier molecular flexibility index (Phi) is 3.98. The Bertz CT molecular complexity index is 893. The smallest absolute Gasteiger partial charge is 0.296 e. The van der Waals surface area contributed by atoms with E-state index in [1.807, 2.05) is 43.3 Å². The first kappa shape index (κ1) is 15.0. The molecule has 0 atom stereocenters. The van der Waals surface area contributed by atoms with Crippen LogP contribution in [0.2, 0.25) is 0 Å². The number of anilines is 1. The Labute approximate surface area is 134 Å². The van der Waals surface area contributed by atoms with Crippen LogP contribution in [-0.2, 0) is 11.2 Å². The number of para-hydroxylation sites is 1. The van der Waals surface area contributed by atoms with Crippen LogP contribution in [0.15, 0.2) is 48.7 Å². The summed E-state index contributed by atoms with van der Waals surface area (Å²) in [6.07, 6.45) is 2.48. The first-order valence-corrected chi connectivity index (χ1v) is 7.61. The van der Waals surface area contributed by atoms with Crippen LogP contribution in [0.3, 0.4) is 0 Å². The minimum absolute atomic E-state index is 0.403. The molecule has 1 aromatic heterocycles. The third-order valence-electron chi connectivity index (χ3n) is 3.91. The van der Waals surface area contributed by atoms with Crippen molar-refractivity contribution in [2.45, 2.75) is 20.3 Å². The number of rotatable bonds is 4. The molecule has 3 aromatic rings. The summed E-state index contributed by atoms with van der Waals surface area (Å²) in [4.78, 5) is 27.8. The van der Waals surface area contributed by atoms with Crippen molar-refractivity contribution in [1.82, 2.24) is 4.98 Å². The van der Waals surface area contributed by atoms with Gasteiger partial charge in [-0.25, -0.2) is 0 Å². The summed E-state index contributed by atoms with van der Waals surface area (Å²) in [7, 11) is 0. The van der Waals surface area contributed by atoms with E-state index >= 15 is 0 Å². The number of aromatic amines is 1. The van der Waals surface area contributed by atoms with E-state index in [0.717, 1.165) is 28.5 Å². The standard InChI is InChI=1S/C19H18N2O2/c1-3-13-7-5-9-15-16(11-20-17(13)15)18(22)19(23)21-14-8-4-6-12(2)10-14/h4-11,20H,3H2,1-2H3,(H,21,23). The molecule has 3 rings (SSSR count). The number of carbonyl (C=O) groups excluding carboxylic acids is 2. The molecule has 0 unspecified atom stereocenters. The zero-order chi connectivity index (χ0) is 16.4. The number of fused-ring (bicyclic) bond motifs is 1. The summed E-state index contributed by atoms with van der Waals surface area (Å²) < 4.78 is 0. The second-order valence-corrected chi connectivity index (χ2v) is 5.55. The third-order valence-corrected chi connectivity index (χ3v) is 3.91. The van der Waals surface area contributed by atoms with E-state index in [1.54, 1.807) is 12.3 Å². The summed E-state index contributed by atoms with van der Waals surface area (Å²) in [6, 6.07) is 13.2. The highest BCUT2D eigenvalue weighted by molar-refractivity contribution is 6.48. The Morgan fingerprint density at radius 3 is 2.65 bits per heavy atom. The SMILES string of the molecule is CCc1cccc2c(C(=O)C(=O)Nc3cccc(C)c3)c[nH]c12. The molecule has 0 saturated heterocycles. The lowest BCUT2D eigenvalue weighted by Crippen LogP contribution is -2.22. The Morgan fingerprint density at radius 2 is 1.91 bits per heavy atom. The van der Waals surface area contributed by atoms with Crippen LogP contribution in [0.5, 0.6) is 0 Å². The lowest BCUT2D eigenvalue weighted by Gasteiger charge is -2.05. The van der Waals surface area contributed by atoms with Gasteiger partial charge in [0, 0.05) is 22.8 Å². The number of aromatic nitrogens is 1. The molecule has 1 heterocycles. The molecule has 2 N–H and O–H groups in total. The van der Waals surface area contributed by atoms with E-state index in [4.69, 9.17) is 0 Å². The summed E-state index contributed by atoms with van der Waals surface area (Å²) >= 11 is 0. The highest BCUT2D eigenvalue weighted by Gasteiger charge is 2.20. The molecule has 4 nitrogen and oxygen atoms in total. The van der Waals surface area contributed by atoms with Gasteiger partial charge >= 0.3 is 0 Å². The summed E-state index contributed by atoms with van der Waals surface area (Å²) in [6.45, 7) is 3.99. The molecule has 116 valence electrons. The van der Waals surface area contributed by atoms with Gasteiger partial charge in [-0.1, -0.05) is 37.3 Å². The first-order chi connectivity index (χ1) is 11.1. The predicted molar refractivity (Wildman–Crippen MR) is 91.8 cm³/mol. The Morgan fingerprint density at radius 1 is 1.13 bits per heavy atom. The molecule has 4 heteroatoms. The number of amides is 1. The molecule has 2 aromatic carbocycles. The van der Waals surface area contributed by atoms with E-state index in [9.17, 15) is 9.59 Å². The molecule has 0 spiro atoms. The molecule has 0 aliphatic carbocycles. The molecule has 0 saturated carbocycles. The van der Waals surface area contributed by atoms with Crippen LogP contribution in [-0.4, -0.2) is 16.7 Å². The van der Waals surface area contributed by atoms with Gasteiger partial charge in [-0.2, -0.15) is 0 Å². The average Bonchev–Trinajstić information content (AvgIpc) is 2.98. The van der Waals surface area contributed by atoms with E-state index in [0.29, 0.717) is 11.3 Å². The predicted octanol–water partition coefficient (Wildman–Crippen LogP) is 3.86. The number of aryl methyl sites for hydroxylation is 2. The fourth-order valence-electron chi connectivity index (χ4n) is 2.73. The van der Waals surface area contributed by atoms with Gasteiger partial charge in [-0.3, -0.25) is 9.59 Å². The number of carbonyl (C=O) groups is 2. The maximum atomic E-state index is 12.5. The van der Waals surface area contributed by atoms with Gasteiger partial charge in [0.15, 0.2) is 0 Å². The second kappa shape index (κ2) is 6.08. The summed E-state index contributed by atoms with van der Waals surface area (Å²) in [5.74, 6) is -1.16.